The van der Waals surface area contributed by atoms with Crippen molar-refractivity contribution in [2.45, 2.75) is 129 Å². The van der Waals surface area contributed by atoms with Crippen LogP contribution in [0.1, 0.15) is 129 Å². The molecule has 0 fully saturated rings. The maximum Gasteiger partial charge on any atom is 0.327 e. The topological polar surface area (TPSA) is 89.9 Å². The summed E-state index contributed by atoms with van der Waals surface area (Å²) in [4.78, 5) is 34.0. The number of unbranched alkanes of at least 4 members (excludes halogenated alkanes) is 15. The molecule has 6 nitrogen and oxygen atoms in total. The quantitative estimate of drug-likeness (QED) is 0.0623. The number of rotatable bonds is 24. The average molecular weight is 505 g/mol. The molecule has 0 saturated heterocycles. The number of Topliss-reactive ketones (excluding diaryl/α,β-unsaturated/α-hetero) is 1. The predicted octanol–water partition coefficient (Wildman–Crippen LogP) is 7.85. The van der Waals surface area contributed by atoms with Crippen LogP contribution in [-0.2, 0) is 23.4 Å². The number of hydrogen-bond donors (Lipinski definition) is 1. The van der Waals surface area contributed by atoms with E-state index in [2.05, 4.69) is 11.4 Å². The molecule has 0 aromatic carbocycles. The van der Waals surface area contributed by atoms with Crippen LogP contribution in [0.3, 0.4) is 0 Å². The lowest BCUT2D eigenvalue weighted by molar-refractivity contribution is -0.151. The number of hydrogen-bond acceptors (Lipinski definition) is 5. The molecule has 0 saturated carbocycles. The van der Waals surface area contributed by atoms with E-state index in [4.69, 9.17) is 4.74 Å². The van der Waals surface area contributed by atoms with Crippen LogP contribution in [0, 0.1) is 11.8 Å². The van der Waals surface area contributed by atoms with Crippen molar-refractivity contribution in [3.63, 3.8) is 0 Å². The van der Waals surface area contributed by atoms with Gasteiger partial charge in [-0.15, -0.1) is 0 Å². The Bertz CT molecular complexity index is 565. The summed E-state index contributed by atoms with van der Waals surface area (Å²) >= 11 is 0. The Morgan fingerprint density at radius 1 is 0.735 bits per heavy atom. The zero-order chi connectivity index (χ0) is 25.7. The first-order chi connectivity index (χ1) is 16.3. The van der Waals surface area contributed by atoms with Gasteiger partial charge in [-0.05, 0) is 25.7 Å². The molecule has 0 aliphatic carbocycles. The Morgan fingerprint density at radius 2 is 1.15 bits per heavy atom. The van der Waals surface area contributed by atoms with Gasteiger partial charge in [-0.1, -0.05) is 110 Å². The Hall–Kier alpha value is -0.710. The number of esters is 1. The van der Waals surface area contributed by atoms with E-state index in [1.54, 1.807) is 0 Å². The second-order valence-corrected chi connectivity index (χ2v) is 11.9. The van der Waals surface area contributed by atoms with Gasteiger partial charge in [0, 0.05) is 7.11 Å². The highest BCUT2D eigenvalue weighted by Crippen LogP contribution is 2.43. The van der Waals surface area contributed by atoms with Gasteiger partial charge in [0.25, 0.3) is 0 Å². The molecule has 0 radical (unpaired) electrons. The van der Waals surface area contributed by atoms with Crippen molar-refractivity contribution in [2.75, 3.05) is 20.4 Å². The van der Waals surface area contributed by atoms with Gasteiger partial charge in [-0.25, -0.2) is 0 Å². The predicted molar refractivity (Wildman–Crippen MR) is 140 cm³/mol. The van der Waals surface area contributed by atoms with E-state index in [0.717, 1.165) is 19.3 Å². The lowest BCUT2D eigenvalue weighted by Gasteiger charge is -2.24. The third-order valence-corrected chi connectivity index (χ3v) is 8.25. The molecule has 0 heterocycles. The van der Waals surface area contributed by atoms with Crippen LogP contribution in [0.4, 0.5) is 0 Å². The molecule has 0 aliphatic heterocycles. The van der Waals surface area contributed by atoms with E-state index in [9.17, 15) is 19.0 Å². The lowest BCUT2D eigenvalue weighted by atomic mass is 9.83. The zero-order valence-electron chi connectivity index (χ0n) is 22.5. The molecule has 7 heteroatoms. The van der Waals surface area contributed by atoms with Crippen LogP contribution >= 0.6 is 7.60 Å². The van der Waals surface area contributed by atoms with E-state index in [-0.39, 0.29) is 17.9 Å². The average Bonchev–Trinajstić information content (AvgIpc) is 2.81. The van der Waals surface area contributed by atoms with Gasteiger partial charge in [0.05, 0.1) is 13.3 Å². The molecule has 0 aromatic heterocycles. The van der Waals surface area contributed by atoms with Crippen molar-refractivity contribution < 1.29 is 28.3 Å². The van der Waals surface area contributed by atoms with Crippen LogP contribution in [0.2, 0.25) is 0 Å². The van der Waals surface area contributed by atoms with E-state index in [1.165, 1.54) is 105 Å². The fourth-order valence-electron chi connectivity index (χ4n) is 4.67. The zero-order valence-corrected chi connectivity index (χ0v) is 23.4. The second kappa shape index (κ2) is 21.6. The van der Waals surface area contributed by atoms with Crippen LogP contribution in [0.25, 0.3) is 0 Å². The first kappa shape index (κ1) is 33.3. The Kier molecular flexibility index (Phi) is 21.1. The minimum absolute atomic E-state index is 0.0617. The molecule has 1 N–H and O–H groups in total. The third-order valence-electron chi connectivity index (χ3n) is 6.86. The van der Waals surface area contributed by atoms with Gasteiger partial charge in [-0.3, -0.25) is 14.2 Å². The first-order valence-electron chi connectivity index (χ1n) is 13.7. The summed E-state index contributed by atoms with van der Waals surface area (Å²) < 4.78 is 21.4. The summed E-state index contributed by atoms with van der Waals surface area (Å²) in [5.41, 5.74) is 0. The number of carbonyl (C=O) groups excluding carboxylic acids is 2. The van der Waals surface area contributed by atoms with Crippen molar-refractivity contribution in [1.29, 1.82) is 0 Å². The lowest BCUT2D eigenvalue weighted by Crippen LogP contribution is -2.31. The van der Waals surface area contributed by atoms with Crippen molar-refractivity contribution in [3.05, 3.63) is 0 Å². The fourth-order valence-corrected chi connectivity index (χ4v) is 5.51. The molecule has 0 bridgehead atoms. The van der Waals surface area contributed by atoms with Crippen LogP contribution in [0.15, 0.2) is 0 Å². The molecule has 0 amide bonds. The van der Waals surface area contributed by atoms with Crippen LogP contribution < -0.4 is 0 Å². The summed E-state index contributed by atoms with van der Waals surface area (Å²) in [7, 11) is -1.20. The number of ketones is 1. The highest BCUT2D eigenvalue weighted by Gasteiger charge is 2.34. The highest BCUT2D eigenvalue weighted by molar-refractivity contribution is 7.52. The van der Waals surface area contributed by atoms with Crippen LogP contribution in [0.5, 0.6) is 0 Å². The maximum atomic E-state index is 12.2. The Balaban J connectivity index is 4.02. The summed E-state index contributed by atoms with van der Waals surface area (Å²) in [6.07, 6.45) is 21.5. The van der Waals surface area contributed by atoms with Gasteiger partial charge in [0.1, 0.15) is 11.7 Å². The third kappa shape index (κ3) is 17.7. The molecular weight excluding hydrogens is 451 g/mol. The summed E-state index contributed by atoms with van der Waals surface area (Å²) in [5, 5.41) is 0. The maximum absolute atomic E-state index is 12.2. The Morgan fingerprint density at radius 3 is 1.50 bits per heavy atom. The fraction of sp³-hybridized carbons (Fsp3) is 0.926. The first-order valence-corrected chi connectivity index (χ1v) is 15.5. The largest absolute Gasteiger partial charge is 0.468 e. The molecule has 0 rings (SSSR count). The normalized spacial score (nSPS) is 15.0. The van der Waals surface area contributed by atoms with Crippen molar-refractivity contribution in [2.24, 2.45) is 11.8 Å². The van der Waals surface area contributed by atoms with Gasteiger partial charge in [-0.2, -0.15) is 0 Å². The number of methoxy groups -OCH3 is 1. The van der Waals surface area contributed by atoms with Gasteiger partial charge in [0.15, 0.2) is 0 Å². The van der Waals surface area contributed by atoms with E-state index in [0.29, 0.717) is 12.8 Å². The molecule has 0 aromatic rings. The summed E-state index contributed by atoms with van der Waals surface area (Å²) in [6, 6.07) is 0. The number of carbonyl (C=O) groups is 2. The van der Waals surface area contributed by atoms with Gasteiger partial charge in [0.2, 0.25) is 0 Å². The Labute approximate surface area is 209 Å². The van der Waals surface area contributed by atoms with E-state index < -0.39 is 19.5 Å². The number of ether oxygens (including phenoxy) is 1. The molecule has 3 atom stereocenters. The van der Waals surface area contributed by atoms with Gasteiger partial charge >= 0.3 is 13.6 Å². The highest BCUT2D eigenvalue weighted by atomic mass is 31.2. The van der Waals surface area contributed by atoms with E-state index >= 15 is 0 Å². The van der Waals surface area contributed by atoms with Crippen molar-refractivity contribution >= 4 is 19.3 Å². The minimum Gasteiger partial charge on any atom is -0.468 e. The standard InChI is InChI=1S/C27H53O6P/c1-5-6-7-8-9-10-11-12-13-14-15-16-17-18-19-20-21-25(22-23-34(30,31)33-4)26(24(2)28)27(29)32-3/h25-26H,5-23H2,1-4H3,(H,30,31). The molecule has 0 spiro atoms. The van der Waals surface area contributed by atoms with Gasteiger partial charge < -0.3 is 14.2 Å². The SMILES string of the molecule is CCCCCCCCCCCCCCCCCCC(CCP(=O)(O)OC)C(C(C)=O)C(=O)OC. The molecule has 3 unspecified atom stereocenters. The molecule has 34 heavy (non-hydrogen) atoms. The smallest absolute Gasteiger partial charge is 0.327 e. The molecule has 202 valence electrons. The van der Waals surface area contributed by atoms with E-state index in [1.807, 2.05) is 0 Å². The molecule has 0 aliphatic rings. The van der Waals surface area contributed by atoms with Crippen molar-refractivity contribution in [1.82, 2.24) is 0 Å². The minimum atomic E-state index is -3.68. The summed E-state index contributed by atoms with van der Waals surface area (Å²) in [5.74, 6) is -1.98. The second-order valence-electron chi connectivity index (χ2n) is 9.80. The molecular formula is C27H53O6P. The van der Waals surface area contributed by atoms with Crippen molar-refractivity contribution in [3.8, 4) is 0 Å². The monoisotopic (exact) mass is 504 g/mol. The summed E-state index contributed by atoms with van der Waals surface area (Å²) in [6.45, 7) is 3.65. The van der Waals surface area contributed by atoms with Crippen LogP contribution in [-0.4, -0.2) is 37.0 Å².